The molecule has 4 saturated carbocycles. The van der Waals surface area contributed by atoms with E-state index in [1.54, 1.807) is 30.3 Å². The quantitative estimate of drug-likeness (QED) is 0.278. The highest BCUT2D eigenvalue weighted by Gasteiger charge is 2.86. The first-order valence-corrected chi connectivity index (χ1v) is 17.2. The van der Waals surface area contributed by atoms with Crippen LogP contribution in [0.4, 0.5) is 0 Å². The molecule has 4 aliphatic carbocycles. The van der Waals surface area contributed by atoms with Crippen LogP contribution in [0.2, 0.25) is 0 Å². The molecule has 0 aromatic heterocycles. The molecule has 0 unspecified atom stereocenters. The molecule has 5 aliphatic rings. The number of hydrogen-bond acceptors (Lipinski definition) is 11. The summed E-state index contributed by atoms with van der Waals surface area (Å²) in [6, 6.07) is 8.53. The van der Waals surface area contributed by atoms with E-state index in [0.717, 1.165) is 0 Å². The Morgan fingerprint density at radius 3 is 2.15 bits per heavy atom. The molecule has 0 N–H and O–H groups in total. The van der Waals surface area contributed by atoms with E-state index in [2.05, 4.69) is 13.8 Å². The summed E-state index contributed by atoms with van der Waals surface area (Å²) in [6.07, 6.45) is -2.63. The number of carbonyl (C=O) groups excluding carboxylic acids is 5. The van der Waals surface area contributed by atoms with Crippen molar-refractivity contribution in [3.8, 4) is 0 Å². The van der Waals surface area contributed by atoms with Gasteiger partial charge in [-0.15, -0.1) is 0 Å². The van der Waals surface area contributed by atoms with Crippen LogP contribution in [0.25, 0.3) is 0 Å². The molecule has 12 atom stereocenters. The number of carbonyl (C=O) groups is 5. The number of rotatable bonds is 8. The summed E-state index contributed by atoms with van der Waals surface area (Å²) in [6.45, 7) is 13.9. The zero-order valence-electron chi connectivity index (χ0n) is 29.1. The lowest BCUT2D eigenvalue weighted by molar-refractivity contribution is -0.240. The number of fused-ring (bicyclic) bond motifs is 2. The standard InChI is InChI=1S/C37H48O11/c1-9-13-26(41)46-29-19(2)17-37(48-22(5)40)28(29)31(45-21(4)39)36-18-43-35(8,33(37)47-32(42)23-14-11-10-12-15-23)30(36)27-24(34(27,6)7)16-25(36)44-20(3)38/h10-12,14-15,19,24-25,27-31,33H,9,13,16-18H2,1-8H3/t19-,24-,25+,27-,28+,29-,30-,31+,33+,35-,36+,37+/m0/s1. The number of benzene rings is 1. The van der Waals surface area contributed by atoms with Crippen LogP contribution in [0.3, 0.4) is 0 Å². The fourth-order valence-corrected chi connectivity index (χ4v) is 10.6. The van der Waals surface area contributed by atoms with Crippen LogP contribution in [0.15, 0.2) is 30.3 Å². The van der Waals surface area contributed by atoms with Crippen molar-refractivity contribution in [2.75, 3.05) is 6.61 Å². The predicted molar refractivity (Wildman–Crippen MR) is 169 cm³/mol. The second-order valence-corrected chi connectivity index (χ2v) is 15.5. The first kappa shape index (κ1) is 34.4. The molecule has 11 nitrogen and oxygen atoms in total. The summed E-state index contributed by atoms with van der Waals surface area (Å²) in [7, 11) is 0. The van der Waals surface area contributed by atoms with Gasteiger partial charge < -0.3 is 28.4 Å². The van der Waals surface area contributed by atoms with E-state index in [1.807, 2.05) is 20.8 Å². The number of ether oxygens (including phenoxy) is 6. The molecular weight excluding hydrogens is 620 g/mol. The van der Waals surface area contributed by atoms with Gasteiger partial charge in [-0.2, -0.15) is 0 Å². The molecule has 2 bridgehead atoms. The smallest absolute Gasteiger partial charge is 0.338 e. The first-order valence-electron chi connectivity index (χ1n) is 17.2. The minimum Gasteiger partial charge on any atom is -0.462 e. The van der Waals surface area contributed by atoms with Crippen LogP contribution in [0.5, 0.6) is 0 Å². The third kappa shape index (κ3) is 5.05. The van der Waals surface area contributed by atoms with Gasteiger partial charge in [-0.1, -0.05) is 45.9 Å². The molecule has 1 saturated heterocycles. The lowest BCUT2D eigenvalue weighted by Crippen LogP contribution is -2.64. The van der Waals surface area contributed by atoms with Gasteiger partial charge in [0.25, 0.3) is 0 Å². The minimum absolute atomic E-state index is 0.000451. The van der Waals surface area contributed by atoms with E-state index in [-0.39, 0.29) is 36.7 Å². The van der Waals surface area contributed by atoms with E-state index < -0.39 is 88.6 Å². The van der Waals surface area contributed by atoms with E-state index in [9.17, 15) is 24.0 Å². The Balaban J connectivity index is 1.65. The Bertz CT molecular complexity index is 1490. The monoisotopic (exact) mass is 668 g/mol. The van der Waals surface area contributed by atoms with Crippen LogP contribution in [-0.4, -0.2) is 72.1 Å². The largest absolute Gasteiger partial charge is 0.462 e. The van der Waals surface area contributed by atoms with Gasteiger partial charge in [-0.05, 0) is 61.5 Å². The maximum absolute atomic E-state index is 14.1. The molecule has 11 heteroatoms. The molecular formula is C37H48O11. The lowest BCUT2D eigenvalue weighted by atomic mass is 9.57. The minimum atomic E-state index is -1.65. The molecule has 1 aromatic rings. The van der Waals surface area contributed by atoms with E-state index >= 15 is 0 Å². The molecule has 0 radical (unpaired) electrons. The van der Waals surface area contributed by atoms with Crippen LogP contribution in [0.1, 0.15) is 91.4 Å². The number of esters is 5. The Hall–Kier alpha value is -3.47. The molecule has 0 spiro atoms. The molecule has 0 amide bonds. The second-order valence-electron chi connectivity index (χ2n) is 15.5. The highest BCUT2D eigenvalue weighted by atomic mass is 16.6. The van der Waals surface area contributed by atoms with Crippen molar-refractivity contribution in [3.05, 3.63) is 35.9 Å². The van der Waals surface area contributed by atoms with E-state index in [0.29, 0.717) is 18.4 Å². The molecule has 48 heavy (non-hydrogen) atoms. The van der Waals surface area contributed by atoms with Crippen molar-refractivity contribution in [1.29, 1.82) is 0 Å². The van der Waals surface area contributed by atoms with E-state index in [4.69, 9.17) is 28.4 Å². The third-order valence-corrected chi connectivity index (χ3v) is 12.2. The van der Waals surface area contributed by atoms with E-state index in [1.165, 1.54) is 20.8 Å². The molecule has 1 aliphatic heterocycles. The van der Waals surface area contributed by atoms with Gasteiger partial charge in [-0.3, -0.25) is 19.2 Å². The van der Waals surface area contributed by atoms with Gasteiger partial charge in [-0.25, -0.2) is 4.79 Å². The van der Waals surface area contributed by atoms with Gasteiger partial charge in [0.05, 0.1) is 23.5 Å². The molecule has 5 fully saturated rings. The average Bonchev–Trinajstić information content (AvgIpc) is 3.25. The van der Waals surface area contributed by atoms with Crippen molar-refractivity contribution in [3.63, 3.8) is 0 Å². The Kier molecular flexibility index (Phi) is 8.49. The second kappa shape index (κ2) is 11.8. The summed E-state index contributed by atoms with van der Waals surface area (Å²) in [5, 5.41) is 0. The Morgan fingerprint density at radius 1 is 0.875 bits per heavy atom. The maximum Gasteiger partial charge on any atom is 0.338 e. The van der Waals surface area contributed by atoms with Crippen LogP contribution in [-0.2, 0) is 47.6 Å². The van der Waals surface area contributed by atoms with Crippen LogP contribution >= 0.6 is 0 Å². The fourth-order valence-electron chi connectivity index (χ4n) is 10.6. The van der Waals surface area contributed by atoms with Crippen molar-refractivity contribution in [2.45, 2.75) is 117 Å². The summed E-state index contributed by atoms with van der Waals surface area (Å²) >= 11 is 0. The molecule has 262 valence electrons. The van der Waals surface area contributed by atoms with Crippen LogP contribution < -0.4 is 0 Å². The normalized spacial score (nSPS) is 41.4. The highest BCUT2D eigenvalue weighted by molar-refractivity contribution is 5.89. The van der Waals surface area contributed by atoms with Gasteiger partial charge in [0.1, 0.15) is 23.9 Å². The summed E-state index contributed by atoms with van der Waals surface area (Å²) in [5.41, 5.74) is -4.02. The van der Waals surface area contributed by atoms with Crippen molar-refractivity contribution >= 4 is 29.8 Å². The third-order valence-electron chi connectivity index (χ3n) is 12.2. The highest BCUT2D eigenvalue weighted by Crippen LogP contribution is 2.79. The van der Waals surface area contributed by atoms with Crippen molar-refractivity contribution in [2.24, 2.45) is 40.4 Å². The zero-order chi connectivity index (χ0) is 35.0. The Morgan fingerprint density at radius 2 is 1.54 bits per heavy atom. The topological polar surface area (TPSA) is 141 Å². The average molecular weight is 669 g/mol. The number of hydrogen-bond donors (Lipinski definition) is 0. The maximum atomic E-state index is 14.1. The first-order chi connectivity index (χ1) is 22.5. The zero-order valence-corrected chi connectivity index (χ0v) is 29.1. The summed E-state index contributed by atoms with van der Waals surface area (Å²) in [5.74, 6) is -4.56. The van der Waals surface area contributed by atoms with Crippen LogP contribution in [0, 0.1) is 40.4 Å². The summed E-state index contributed by atoms with van der Waals surface area (Å²) < 4.78 is 38.7. The van der Waals surface area contributed by atoms with Gasteiger partial charge in [0, 0.05) is 33.1 Å². The predicted octanol–water partition coefficient (Wildman–Crippen LogP) is 4.83. The van der Waals surface area contributed by atoms with Gasteiger partial charge in [0.2, 0.25) is 0 Å². The fraction of sp³-hybridized carbons (Fsp3) is 0.703. The van der Waals surface area contributed by atoms with Gasteiger partial charge in [0.15, 0.2) is 11.7 Å². The Labute approximate surface area is 281 Å². The molecule has 6 rings (SSSR count). The van der Waals surface area contributed by atoms with Gasteiger partial charge >= 0.3 is 29.8 Å². The SMILES string of the molecule is CCCC(=O)O[C@@H]1[C@@H]2[C@@H](OC(C)=O)[C@@]34CO[C@](C)([C@@H](OC(=O)c5ccccc5)[C@@]2(OC(C)=O)C[C@@H]1C)[C@@H]3[C@@H]1[C@H](C[C@H]4OC(C)=O)C1(C)C. The molecule has 1 aromatic carbocycles. The summed E-state index contributed by atoms with van der Waals surface area (Å²) in [4.78, 5) is 66.6. The van der Waals surface area contributed by atoms with Crippen molar-refractivity contribution < 1.29 is 52.4 Å². The molecule has 1 heterocycles. The van der Waals surface area contributed by atoms with Crippen molar-refractivity contribution in [1.82, 2.24) is 0 Å². The lowest BCUT2D eigenvalue weighted by Gasteiger charge is -2.50.